The van der Waals surface area contributed by atoms with E-state index in [0.29, 0.717) is 19.8 Å². The number of hydrogen-bond donors (Lipinski definition) is 0. The molecule has 0 radical (unpaired) electrons. The van der Waals surface area contributed by atoms with Crippen molar-refractivity contribution in [3.05, 3.63) is 52.8 Å². The molecule has 0 atom stereocenters. The van der Waals surface area contributed by atoms with Crippen LogP contribution in [-0.4, -0.2) is 53.9 Å². The maximum Gasteiger partial charge on any atom is 0.178 e. The number of carbonyl (C=O) groups excluding carboxylic acids is 1. The second kappa shape index (κ2) is 7.23. The Morgan fingerprint density at radius 2 is 1.67 bits per heavy atom. The summed E-state index contributed by atoms with van der Waals surface area (Å²) in [6.07, 6.45) is 1.67. The van der Waals surface area contributed by atoms with E-state index in [4.69, 9.17) is 9.47 Å². The van der Waals surface area contributed by atoms with E-state index in [0.717, 1.165) is 48.6 Å². The molecular formula is C22H28N2O3. The van der Waals surface area contributed by atoms with Gasteiger partial charge in [0.1, 0.15) is 0 Å². The Bertz CT molecular complexity index is 822. The molecule has 0 saturated carbocycles. The molecule has 1 spiro atoms. The van der Waals surface area contributed by atoms with Crippen molar-refractivity contribution in [3.63, 3.8) is 0 Å². The third kappa shape index (κ3) is 3.59. The van der Waals surface area contributed by atoms with Crippen LogP contribution in [0.5, 0.6) is 0 Å². The number of hydrogen-bond acceptors (Lipinski definition) is 4. The van der Waals surface area contributed by atoms with Crippen molar-refractivity contribution in [1.82, 2.24) is 9.47 Å². The van der Waals surface area contributed by atoms with Gasteiger partial charge in [-0.15, -0.1) is 0 Å². The van der Waals surface area contributed by atoms with E-state index in [1.807, 2.05) is 13.0 Å². The van der Waals surface area contributed by atoms with Gasteiger partial charge in [-0.2, -0.15) is 0 Å². The maximum absolute atomic E-state index is 13.0. The third-order valence-electron chi connectivity index (χ3n) is 5.82. The van der Waals surface area contributed by atoms with Gasteiger partial charge >= 0.3 is 0 Å². The molecule has 2 aliphatic rings. The van der Waals surface area contributed by atoms with Crippen LogP contribution in [0.3, 0.4) is 0 Å². The third-order valence-corrected chi connectivity index (χ3v) is 5.82. The molecule has 3 heterocycles. The van der Waals surface area contributed by atoms with E-state index >= 15 is 0 Å². The number of ether oxygens (including phenoxy) is 2. The number of Topliss-reactive ketones (excluding diaryl/α,β-unsaturated/α-hetero) is 1. The molecule has 0 bridgehead atoms. The molecule has 0 aliphatic carbocycles. The lowest BCUT2D eigenvalue weighted by Crippen LogP contribution is -2.46. The lowest BCUT2D eigenvalue weighted by Gasteiger charge is -2.37. The molecule has 1 aromatic heterocycles. The van der Waals surface area contributed by atoms with E-state index in [1.165, 1.54) is 5.56 Å². The molecule has 2 aliphatic heterocycles. The highest BCUT2D eigenvalue weighted by Crippen LogP contribution is 2.31. The monoisotopic (exact) mass is 368 g/mol. The SMILES string of the molecule is Cc1ccc(-n2c(C)cc(C(=O)CN3CCC4(CC3)OCCO4)c2C)cc1. The normalized spacial score (nSPS) is 19.7. The molecular weight excluding hydrogens is 340 g/mol. The van der Waals surface area contributed by atoms with E-state index in [-0.39, 0.29) is 11.6 Å². The van der Waals surface area contributed by atoms with Crippen molar-refractivity contribution >= 4 is 5.78 Å². The van der Waals surface area contributed by atoms with Crippen molar-refractivity contribution in [3.8, 4) is 5.69 Å². The summed E-state index contributed by atoms with van der Waals surface area (Å²) in [6.45, 7) is 9.67. The number of nitrogens with zero attached hydrogens (tertiary/aromatic N) is 2. The van der Waals surface area contributed by atoms with Crippen LogP contribution >= 0.6 is 0 Å². The number of aryl methyl sites for hydroxylation is 2. The van der Waals surface area contributed by atoms with Gasteiger partial charge in [-0.1, -0.05) is 17.7 Å². The fourth-order valence-corrected chi connectivity index (χ4v) is 4.26. The van der Waals surface area contributed by atoms with Crippen molar-refractivity contribution in [2.75, 3.05) is 32.8 Å². The van der Waals surface area contributed by atoms with Gasteiger partial charge in [-0.3, -0.25) is 9.69 Å². The first-order valence-corrected chi connectivity index (χ1v) is 9.77. The predicted molar refractivity (Wildman–Crippen MR) is 105 cm³/mol. The summed E-state index contributed by atoms with van der Waals surface area (Å²) in [7, 11) is 0. The van der Waals surface area contributed by atoms with Crippen molar-refractivity contribution in [2.24, 2.45) is 0 Å². The van der Waals surface area contributed by atoms with Crippen molar-refractivity contribution in [1.29, 1.82) is 0 Å². The summed E-state index contributed by atoms with van der Waals surface area (Å²) in [4.78, 5) is 15.2. The maximum atomic E-state index is 13.0. The molecule has 2 saturated heterocycles. The minimum absolute atomic E-state index is 0.186. The van der Waals surface area contributed by atoms with E-state index < -0.39 is 0 Å². The van der Waals surface area contributed by atoms with Crippen LogP contribution in [0.4, 0.5) is 0 Å². The number of benzene rings is 1. The van der Waals surface area contributed by atoms with Gasteiger partial charge in [0, 0.05) is 48.6 Å². The molecule has 5 nitrogen and oxygen atoms in total. The van der Waals surface area contributed by atoms with Gasteiger partial charge in [0.05, 0.1) is 19.8 Å². The Labute approximate surface area is 160 Å². The van der Waals surface area contributed by atoms with Crippen molar-refractivity contribution in [2.45, 2.75) is 39.4 Å². The number of aromatic nitrogens is 1. The number of piperidine rings is 1. The van der Waals surface area contributed by atoms with E-state index in [2.05, 4.69) is 47.6 Å². The molecule has 5 heteroatoms. The first-order valence-electron chi connectivity index (χ1n) is 9.77. The Balaban J connectivity index is 1.46. The molecule has 27 heavy (non-hydrogen) atoms. The van der Waals surface area contributed by atoms with Gasteiger partial charge in [0.2, 0.25) is 0 Å². The van der Waals surface area contributed by atoms with Crippen LogP contribution in [-0.2, 0) is 9.47 Å². The zero-order valence-corrected chi connectivity index (χ0v) is 16.5. The number of rotatable bonds is 4. The van der Waals surface area contributed by atoms with Gasteiger partial charge in [0.15, 0.2) is 11.6 Å². The molecule has 0 amide bonds. The van der Waals surface area contributed by atoms with Gasteiger partial charge in [0.25, 0.3) is 0 Å². The minimum atomic E-state index is -0.388. The molecule has 2 fully saturated rings. The Kier molecular flexibility index (Phi) is 4.93. The summed E-state index contributed by atoms with van der Waals surface area (Å²) < 4.78 is 13.7. The zero-order valence-electron chi connectivity index (χ0n) is 16.5. The van der Waals surface area contributed by atoms with Crippen LogP contribution in [0.2, 0.25) is 0 Å². The molecule has 0 unspecified atom stereocenters. The Morgan fingerprint density at radius 1 is 1.04 bits per heavy atom. The quantitative estimate of drug-likeness (QED) is 0.776. The molecule has 0 N–H and O–H groups in total. The van der Waals surface area contributed by atoms with Crippen LogP contribution < -0.4 is 0 Å². The van der Waals surface area contributed by atoms with Gasteiger partial charge in [-0.25, -0.2) is 0 Å². The second-order valence-corrected chi connectivity index (χ2v) is 7.76. The summed E-state index contributed by atoms with van der Waals surface area (Å²) in [5.41, 5.74) is 5.25. The summed E-state index contributed by atoms with van der Waals surface area (Å²) >= 11 is 0. The highest BCUT2D eigenvalue weighted by Gasteiger charge is 2.40. The lowest BCUT2D eigenvalue weighted by molar-refractivity contribution is -0.184. The first kappa shape index (κ1) is 18.4. The number of carbonyl (C=O) groups is 1. The molecule has 144 valence electrons. The largest absolute Gasteiger partial charge is 0.347 e. The van der Waals surface area contributed by atoms with Crippen LogP contribution in [0, 0.1) is 20.8 Å². The lowest BCUT2D eigenvalue weighted by atomic mass is 10.0. The summed E-state index contributed by atoms with van der Waals surface area (Å²) in [6, 6.07) is 10.4. The smallest absolute Gasteiger partial charge is 0.178 e. The fourth-order valence-electron chi connectivity index (χ4n) is 4.26. The van der Waals surface area contributed by atoms with E-state index in [9.17, 15) is 4.79 Å². The average molecular weight is 368 g/mol. The minimum Gasteiger partial charge on any atom is -0.347 e. The predicted octanol–water partition coefficient (Wildman–Crippen LogP) is 3.42. The van der Waals surface area contributed by atoms with Crippen molar-refractivity contribution < 1.29 is 14.3 Å². The zero-order chi connectivity index (χ0) is 19.0. The standard InChI is InChI=1S/C22H28N2O3/c1-16-4-6-19(7-5-16)24-17(2)14-20(18(24)3)21(25)15-23-10-8-22(9-11-23)26-12-13-27-22/h4-7,14H,8-13,15H2,1-3H3. The second-order valence-electron chi connectivity index (χ2n) is 7.76. The van der Waals surface area contributed by atoms with E-state index in [1.54, 1.807) is 0 Å². The molecule has 2 aromatic rings. The Hall–Kier alpha value is -1.95. The topological polar surface area (TPSA) is 43.7 Å². The summed E-state index contributed by atoms with van der Waals surface area (Å²) in [5, 5.41) is 0. The molecule has 1 aromatic carbocycles. The first-order chi connectivity index (χ1) is 13.0. The number of ketones is 1. The van der Waals surface area contributed by atoms with Crippen LogP contribution in [0.25, 0.3) is 5.69 Å². The molecule has 4 rings (SSSR count). The van der Waals surface area contributed by atoms with Gasteiger partial charge in [-0.05, 0) is 39.0 Å². The highest BCUT2D eigenvalue weighted by molar-refractivity contribution is 5.99. The number of likely N-dealkylation sites (tertiary alicyclic amines) is 1. The average Bonchev–Trinajstić information content (AvgIpc) is 3.23. The highest BCUT2D eigenvalue weighted by atomic mass is 16.7. The van der Waals surface area contributed by atoms with Crippen LogP contribution in [0.15, 0.2) is 30.3 Å². The van der Waals surface area contributed by atoms with Gasteiger partial charge < -0.3 is 14.0 Å². The Morgan fingerprint density at radius 3 is 2.30 bits per heavy atom. The van der Waals surface area contributed by atoms with Crippen LogP contribution in [0.1, 0.15) is 40.2 Å². The fraction of sp³-hybridized carbons (Fsp3) is 0.500. The summed E-state index contributed by atoms with van der Waals surface area (Å²) in [5.74, 6) is -0.202.